The number of halogens is 4. The Morgan fingerprint density at radius 2 is 1.38 bits per heavy atom. The van der Waals surface area contributed by atoms with Crippen LogP contribution in [0.3, 0.4) is 0 Å². The Kier molecular flexibility index (Phi) is 5.99. The molecule has 0 radical (unpaired) electrons. The third kappa shape index (κ3) is 4.77. The summed E-state index contributed by atoms with van der Waals surface area (Å²) < 4.78 is 107. The molecule has 6 nitrogen and oxygen atoms in total. The van der Waals surface area contributed by atoms with E-state index in [1.807, 2.05) is 4.72 Å². The minimum atomic E-state index is -4.46. The minimum Gasteiger partial charge on any atom is -0.210 e. The van der Waals surface area contributed by atoms with E-state index in [2.05, 4.69) is 0 Å². The SMILES string of the molecule is O=S(=O)(NCCN(C1CC1)S(=O)(=O)c1cc(F)ccc1F)c1cc(F)ccc1F. The van der Waals surface area contributed by atoms with Crippen LogP contribution in [-0.2, 0) is 20.0 Å². The molecule has 3 rings (SSSR count). The molecule has 0 spiro atoms. The van der Waals surface area contributed by atoms with Crippen molar-refractivity contribution in [2.75, 3.05) is 13.1 Å². The average molecular weight is 452 g/mol. The molecule has 1 N–H and O–H groups in total. The summed E-state index contributed by atoms with van der Waals surface area (Å²) in [6.45, 7) is -0.885. The molecule has 29 heavy (non-hydrogen) atoms. The largest absolute Gasteiger partial charge is 0.246 e. The first kappa shape index (κ1) is 21.7. The molecule has 0 bridgehead atoms. The molecule has 0 heterocycles. The summed E-state index contributed by atoms with van der Waals surface area (Å²) in [6, 6.07) is 3.42. The zero-order valence-corrected chi connectivity index (χ0v) is 16.4. The summed E-state index contributed by atoms with van der Waals surface area (Å²) in [7, 11) is -8.90. The van der Waals surface area contributed by atoms with Crippen LogP contribution in [0.4, 0.5) is 17.6 Å². The maximum atomic E-state index is 14.0. The lowest BCUT2D eigenvalue weighted by molar-refractivity contribution is 0.401. The monoisotopic (exact) mass is 452 g/mol. The van der Waals surface area contributed by atoms with Gasteiger partial charge in [-0.15, -0.1) is 0 Å². The smallest absolute Gasteiger partial charge is 0.210 e. The van der Waals surface area contributed by atoms with Crippen molar-refractivity contribution in [3.05, 3.63) is 59.7 Å². The molecule has 1 fully saturated rings. The van der Waals surface area contributed by atoms with Gasteiger partial charge >= 0.3 is 0 Å². The molecule has 1 aliphatic carbocycles. The number of benzene rings is 2. The standard InChI is InChI=1S/C17H16F4N2O4S2/c18-11-1-5-14(20)16(9-11)28(24,25)22-7-8-23(13-3-4-13)29(26,27)17-10-12(19)2-6-15(17)21/h1-2,5-6,9-10,13,22H,3-4,7-8H2. The van der Waals surface area contributed by atoms with Gasteiger partial charge in [0, 0.05) is 19.1 Å². The highest BCUT2D eigenvalue weighted by Crippen LogP contribution is 2.32. The normalized spacial score (nSPS) is 15.1. The Hall–Kier alpha value is -2.02. The molecule has 1 aliphatic rings. The van der Waals surface area contributed by atoms with E-state index in [0.29, 0.717) is 37.1 Å². The van der Waals surface area contributed by atoms with E-state index in [4.69, 9.17) is 0 Å². The van der Waals surface area contributed by atoms with Crippen molar-refractivity contribution in [2.24, 2.45) is 0 Å². The molecule has 0 aliphatic heterocycles. The van der Waals surface area contributed by atoms with Crippen molar-refractivity contribution in [3.63, 3.8) is 0 Å². The number of hydrogen-bond acceptors (Lipinski definition) is 4. The zero-order chi connectivity index (χ0) is 21.4. The van der Waals surface area contributed by atoms with Crippen LogP contribution in [0.1, 0.15) is 12.8 Å². The lowest BCUT2D eigenvalue weighted by Gasteiger charge is -2.22. The van der Waals surface area contributed by atoms with Crippen molar-refractivity contribution < 1.29 is 34.4 Å². The van der Waals surface area contributed by atoms with Crippen LogP contribution in [0.15, 0.2) is 46.2 Å². The predicted octanol–water partition coefficient (Wildman–Crippen LogP) is 2.37. The number of sulfonamides is 2. The third-order valence-corrected chi connectivity index (χ3v) is 7.68. The molecule has 0 amide bonds. The van der Waals surface area contributed by atoms with Crippen LogP contribution >= 0.6 is 0 Å². The number of nitrogens with one attached hydrogen (secondary N) is 1. The van der Waals surface area contributed by atoms with Crippen LogP contribution in [0.2, 0.25) is 0 Å². The Balaban J connectivity index is 1.79. The number of nitrogens with zero attached hydrogens (tertiary/aromatic N) is 1. The first-order valence-corrected chi connectivity index (χ1v) is 11.4. The molecule has 0 unspecified atom stereocenters. The van der Waals surface area contributed by atoms with E-state index in [-0.39, 0.29) is 0 Å². The summed E-state index contributed by atoms with van der Waals surface area (Å²) in [5, 5.41) is 0. The molecule has 158 valence electrons. The van der Waals surface area contributed by atoms with E-state index < -0.39 is 72.2 Å². The second-order valence-corrected chi connectivity index (χ2v) is 9.99. The van der Waals surface area contributed by atoms with Crippen molar-refractivity contribution in [1.82, 2.24) is 9.03 Å². The minimum absolute atomic E-state index is 0.404. The fourth-order valence-electron chi connectivity index (χ4n) is 2.71. The predicted molar refractivity (Wildman–Crippen MR) is 94.8 cm³/mol. The van der Waals surface area contributed by atoms with Crippen LogP contribution in [-0.4, -0.2) is 40.3 Å². The van der Waals surface area contributed by atoms with Gasteiger partial charge < -0.3 is 0 Å². The molecule has 2 aromatic carbocycles. The highest BCUT2D eigenvalue weighted by atomic mass is 32.2. The van der Waals surface area contributed by atoms with E-state index in [0.717, 1.165) is 16.4 Å². The van der Waals surface area contributed by atoms with Gasteiger partial charge in [-0.05, 0) is 49.2 Å². The Bertz CT molecular complexity index is 1140. The van der Waals surface area contributed by atoms with Crippen molar-refractivity contribution >= 4 is 20.0 Å². The fourth-order valence-corrected chi connectivity index (χ4v) is 5.59. The third-order valence-electron chi connectivity index (χ3n) is 4.24. The van der Waals surface area contributed by atoms with E-state index in [1.54, 1.807) is 0 Å². The van der Waals surface area contributed by atoms with E-state index in [1.165, 1.54) is 0 Å². The van der Waals surface area contributed by atoms with Crippen molar-refractivity contribution in [3.8, 4) is 0 Å². The van der Waals surface area contributed by atoms with Gasteiger partial charge in [-0.25, -0.2) is 39.1 Å². The van der Waals surface area contributed by atoms with Crippen molar-refractivity contribution in [2.45, 2.75) is 28.7 Å². The molecule has 12 heteroatoms. The molecule has 0 saturated heterocycles. The second kappa shape index (κ2) is 8.01. The first-order chi connectivity index (χ1) is 13.5. The molecule has 2 aromatic rings. The van der Waals surface area contributed by atoms with Gasteiger partial charge in [0.15, 0.2) is 0 Å². The van der Waals surface area contributed by atoms with Gasteiger partial charge in [-0.1, -0.05) is 0 Å². The Labute approximate surface area is 165 Å². The zero-order valence-electron chi connectivity index (χ0n) is 14.8. The lowest BCUT2D eigenvalue weighted by Crippen LogP contribution is -2.40. The number of hydrogen-bond donors (Lipinski definition) is 1. The molecule has 0 atom stereocenters. The van der Waals surface area contributed by atoms with Crippen LogP contribution in [0.5, 0.6) is 0 Å². The quantitative estimate of drug-likeness (QED) is 0.624. The summed E-state index contributed by atoms with van der Waals surface area (Å²) in [5.41, 5.74) is 0. The average Bonchev–Trinajstić information content (AvgIpc) is 3.47. The second-order valence-electron chi connectivity index (χ2n) is 6.39. The van der Waals surface area contributed by atoms with Gasteiger partial charge in [0.05, 0.1) is 0 Å². The molecular weight excluding hydrogens is 436 g/mol. The van der Waals surface area contributed by atoms with Crippen molar-refractivity contribution in [1.29, 1.82) is 0 Å². The van der Waals surface area contributed by atoms with E-state index in [9.17, 15) is 34.4 Å². The van der Waals surface area contributed by atoms with E-state index >= 15 is 0 Å². The lowest BCUT2D eigenvalue weighted by atomic mass is 10.3. The van der Waals surface area contributed by atoms with Crippen LogP contribution < -0.4 is 4.72 Å². The summed E-state index contributed by atoms with van der Waals surface area (Å²) >= 11 is 0. The Morgan fingerprint density at radius 1 is 0.862 bits per heavy atom. The van der Waals surface area contributed by atoms with Gasteiger partial charge in [0.2, 0.25) is 20.0 Å². The van der Waals surface area contributed by atoms with Crippen LogP contribution in [0.25, 0.3) is 0 Å². The highest BCUT2D eigenvalue weighted by molar-refractivity contribution is 7.89. The van der Waals surface area contributed by atoms with Gasteiger partial charge in [0.25, 0.3) is 0 Å². The fraction of sp³-hybridized carbons (Fsp3) is 0.294. The Morgan fingerprint density at radius 3 is 1.93 bits per heavy atom. The molecule has 0 aromatic heterocycles. The van der Waals surface area contributed by atoms with Gasteiger partial charge in [-0.3, -0.25) is 0 Å². The summed E-state index contributed by atoms with van der Waals surface area (Å²) in [5.74, 6) is -4.22. The molecule has 1 saturated carbocycles. The molecular formula is C17H16F4N2O4S2. The topological polar surface area (TPSA) is 83.6 Å². The summed E-state index contributed by atoms with van der Waals surface area (Å²) in [6.07, 6.45) is 0.947. The summed E-state index contributed by atoms with van der Waals surface area (Å²) in [4.78, 5) is -1.78. The van der Waals surface area contributed by atoms with Gasteiger partial charge in [-0.2, -0.15) is 4.31 Å². The van der Waals surface area contributed by atoms with Gasteiger partial charge in [0.1, 0.15) is 33.1 Å². The maximum absolute atomic E-state index is 14.0. The first-order valence-electron chi connectivity index (χ1n) is 8.44. The maximum Gasteiger partial charge on any atom is 0.246 e. The highest BCUT2D eigenvalue weighted by Gasteiger charge is 2.39. The van der Waals surface area contributed by atoms with Crippen LogP contribution in [0, 0.1) is 23.3 Å². The number of rotatable bonds is 8.